The number of Topliss-reactive ketones (excluding diaryl/α,β-unsaturated/α-hetero) is 2. The molecule has 1 N–H and O–H groups in total. The van der Waals surface area contributed by atoms with Gasteiger partial charge < -0.3 is 14.2 Å². The van der Waals surface area contributed by atoms with E-state index < -0.39 is 47.6 Å². The van der Waals surface area contributed by atoms with E-state index in [1.54, 1.807) is 34.9 Å². The summed E-state index contributed by atoms with van der Waals surface area (Å²) in [4.78, 5) is 52.8. The van der Waals surface area contributed by atoms with Crippen LogP contribution in [0.1, 0.15) is 67.7 Å². The first-order chi connectivity index (χ1) is 15.9. The highest BCUT2D eigenvalue weighted by molar-refractivity contribution is 5.99. The lowest BCUT2D eigenvalue weighted by molar-refractivity contribution is -0.172. The predicted octanol–water partition coefficient (Wildman–Crippen LogP) is 3.15. The van der Waals surface area contributed by atoms with Gasteiger partial charge in [-0.05, 0) is 32.6 Å². The minimum absolute atomic E-state index is 0.0442. The maximum atomic E-state index is 13.6. The SMILES string of the molecule is CC[C@H]1[C@H](OC)C[C@@H](C)C(=O)[C@H](C)[C@H]2N(NC)C(=O)O[C@]2(C)[C@@H](CC)OC(=O)[C@H](C)C(=O)[C@@H]1C. The van der Waals surface area contributed by atoms with Crippen LogP contribution in [0.3, 0.4) is 0 Å². The molecule has 1 amide bonds. The van der Waals surface area contributed by atoms with E-state index in [1.165, 1.54) is 5.01 Å². The Balaban J connectivity index is 2.62. The second-order valence-electron chi connectivity index (χ2n) is 10.0. The average molecular weight is 483 g/mol. The fraction of sp³-hybridized carbons (Fsp3) is 0.840. The topological polar surface area (TPSA) is 111 Å². The van der Waals surface area contributed by atoms with Crippen molar-refractivity contribution in [2.45, 2.75) is 91.6 Å². The number of nitrogens with zero attached hydrogens (tertiary/aromatic N) is 1. The highest BCUT2D eigenvalue weighted by atomic mass is 16.6. The summed E-state index contributed by atoms with van der Waals surface area (Å²) in [6.45, 7) is 12.5. The highest BCUT2D eigenvalue weighted by Gasteiger charge is 2.60. The molecular weight excluding hydrogens is 440 g/mol. The molecule has 34 heavy (non-hydrogen) atoms. The zero-order chi connectivity index (χ0) is 26.0. The molecule has 0 aromatic rings. The first-order valence-corrected chi connectivity index (χ1v) is 12.4. The summed E-state index contributed by atoms with van der Waals surface area (Å²) < 4.78 is 17.4. The fourth-order valence-corrected chi connectivity index (χ4v) is 5.90. The Morgan fingerprint density at radius 3 is 2.15 bits per heavy atom. The molecule has 2 saturated heterocycles. The molecule has 9 nitrogen and oxygen atoms in total. The Kier molecular flexibility index (Phi) is 9.27. The van der Waals surface area contributed by atoms with E-state index in [0.717, 1.165) is 0 Å². The number of nitrogens with one attached hydrogen (secondary N) is 1. The molecule has 9 atom stereocenters. The number of esters is 1. The van der Waals surface area contributed by atoms with Crippen molar-refractivity contribution in [2.24, 2.45) is 29.6 Å². The van der Waals surface area contributed by atoms with Crippen LogP contribution < -0.4 is 5.43 Å². The van der Waals surface area contributed by atoms with Crippen LogP contribution in [0.15, 0.2) is 0 Å². The third-order valence-electron chi connectivity index (χ3n) is 8.00. The lowest BCUT2D eigenvalue weighted by Gasteiger charge is -2.40. The van der Waals surface area contributed by atoms with E-state index in [9.17, 15) is 19.2 Å². The van der Waals surface area contributed by atoms with Crippen LogP contribution >= 0.6 is 0 Å². The van der Waals surface area contributed by atoms with Crippen molar-refractivity contribution >= 4 is 23.6 Å². The van der Waals surface area contributed by atoms with Gasteiger partial charge in [0.2, 0.25) is 0 Å². The lowest BCUT2D eigenvalue weighted by Crippen LogP contribution is -2.59. The predicted molar refractivity (Wildman–Crippen MR) is 126 cm³/mol. The normalized spacial score (nSPS) is 40.4. The van der Waals surface area contributed by atoms with Gasteiger partial charge in [-0.15, -0.1) is 0 Å². The Morgan fingerprint density at radius 2 is 1.65 bits per heavy atom. The molecule has 0 aliphatic carbocycles. The van der Waals surface area contributed by atoms with Gasteiger partial charge in [0.25, 0.3) is 0 Å². The summed E-state index contributed by atoms with van der Waals surface area (Å²) in [6.07, 6.45) is -0.362. The van der Waals surface area contributed by atoms with Gasteiger partial charge in [-0.1, -0.05) is 41.0 Å². The number of methoxy groups -OCH3 is 1. The number of rotatable bonds is 4. The van der Waals surface area contributed by atoms with E-state index in [1.807, 2.05) is 27.7 Å². The van der Waals surface area contributed by atoms with Crippen molar-refractivity contribution in [1.29, 1.82) is 0 Å². The molecule has 0 spiro atoms. The zero-order valence-electron chi connectivity index (χ0n) is 22.0. The number of ketones is 2. The number of ether oxygens (including phenoxy) is 3. The molecular formula is C25H42N2O7. The standard InChI is InChI=1S/C25H42N2O7/c1-10-17-14(4)21(29)16(6)23(30)33-19(11-2)25(7)22(27(26-8)24(31)34-25)15(5)20(28)13(3)12-18(17)32-9/h13-19,22,26H,10-12H2,1-9H3/t13-,14-,15+,16-,17-,18-,19-,22-,25-/m1/s1. The number of carbonyl (C=O) groups is 4. The Morgan fingerprint density at radius 1 is 1.03 bits per heavy atom. The van der Waals surface area contributed by atoms with Crippen LogP contribution in [0.2, 0.25) is 0 Å². The molecule has 2 rings (SSSR count). The molecule has 2 aliphatic rings. The maximum Gasteiger partial charge on any atom is 0.425 e. The monoisotopic (exact) mass is 482 g/mol. The van der Waals surface area contributed by atoms with E-state index in [-0.39, 0.29) is 29.5 Å². The molecule has 0 saturated carbocycles. The minimum atomic E-state index is -1.29. The number of carbonyl (C=O) groups excluding carboxylic acids is 4. The van der Waals surface area contributed by atoms with Crippen molar-refractivity contribution in [3.63, 3.8) is 0 Å². The Labute approximate surface area is 203 Å². The maximum absolute atomic E-state index is 13.6. The summed E-state index contributed by atoms with van der Waals surface area (Å²) in [7, 11) is 3.17. The van der Waals surface area contributed by atoms with Gasteiger partial charge in [-0.2, -0.15) is 0 Å². The van der Waals surface area contributed by atoms with Gasteiger partial charge in [0, 0.05) is 31.9 Å². The summed E-state index contributed by atoms with van der Waals surface area (Å²) in [5, 5.41) is 1.30. The van der Waals surface area contributed by atoms with Crippen LogP contribution in [-0.4, -0.2) is 66.6 Å². The van der Waals surface area contributed by atoms with Crippen molar-refractivity contribution in [1.82, 2.24) is 10.4 Å². The van der Waals surface area contributed by atoms with Gasteiger partial charge in [0.1, 0.15) is 29.6 Å². The van der Waals surface area contributed by atoms with Crippen LogP contribution in [0.4, 0.5) is 4.79 Å². The van der Waals surface area contributed by atoms with Crippen LogP contribution in [0.5, 0.6) is 0 Å². The van der Waals surface area contributed by atoms with Crippen LogP contribution in [-0.2, 0) is 28.6 Å². The average Bonchev–Trinajstić information content (AvgIpc) is 3.08. The summed E-state index contributed by atoms with van der Waals surface area (Å²) in [5.41, 5.74) is 1.55. The summed E-state index contributed by atoms with van der Waals surface area (Å²) in [6, 6.07) is -0.714. The van der Waals surface area contributed by atoms with Crippen LogP contribution in [0.25, 0.3) is 0 Å². The Hall–Kier alpha value is -2.00. The van der Waals surface area contributed by atoms with Gasteiger partial charge in [0.05, 0.1) is 6.10 Å². The third kappa shape index (κ3) is 5.00. The number of fused-ring (bicyclic) bond motifs is 1. The molecule has 0 unspecified atom stereocenters. The molecule has 0 aromatic carbocycles. The van der Waals surface area contributed by atoms with E-state index >= 15 is 0 Å². The molecule has 0 bridgehead atoms. The Bertz CT molecular complexity index is 787. The highest BCUT2D eigenvalue weighted by Crippen LogP contribution is 2.40. The molecule has 2 aliphatic heterocycles. The molecule has 2 fully saturated rings. The first-order valence-electron chi connectivity index (χ1n) is 12.4. The number of hydrazine groups is 1. The van der Waals surface area contributed by atoms with Crippen molar-refractivity contribution in [2.75, 3.05) is 14.2 Å². The molecule has 0 radical (unpaired) electrons. The van der Waals surface area contributed by atoms with Gasteiger partial charge in [-0.3, -0.25) is 14.4 Å². The summed E-state index contributed by atoms with van der Waals surface area (Å²) >= 11 is 0. The van der Waals surface area contributed by atoms with E-state index in [2.05, 4.69) is 5.43 Å². The van der Waals surface area contributed by atoms with Crippen molar-refractivity contribution in [3.8, 4) is 0 Å². The number of hydrogen-bond acceptors (Lipinski definition) is 8. The van der Waals surface area contributed by atoms with Crippen molar-refractivity contribution in [3.05, 3.63) is 0 Å². The lowest BCUT2D eigenvalue weighted by atomic mass is 9.74. The molecule has 2 heterocycles. The van der Waals surface area contributed by atoms with Gasteiger partial charge >= 0.3 is 12.1 Å². The third-order valence-corrected chi connectivity index (χ3v) is 8.00. The van der Waals surface area contributed by atoms with Gasteiger partial charge in [-0.25, -0.2) is 15.2 Å². The number of amides is 1. The van der Waals surface area contributed by atoms with Gasteiger partial charge in [0.15, 0.2) is 5.60 Å². The smallest absolute Gasteiger partial charge is 0.425 e. The quantitative estimate of drug-likeness (QED) is 0.481. The number of cyclic esters (lactones) is 1. The van der Waals surface area contributed by atoms with Crippen molar-refractivity contribution < 1.29 is 33.4 Å². The minimum Gasteiger partial charge on any atom is -0.458 e. The number of hydrogen-bond donors (Lipinski definition) is 1. The van der Waals surface area contributed by atoms with E-state index in [4.69, 9.17) is 14.2 Å². The van der Waals surface area contributed by atoms with Crippen LogP contribution in [0, 0.1) is 29.6 Å². The second kappa shape index (κ2) is 11.2. The second-order valence-corrected chi connectivity index (χ2v) is 10.0. The molecule has 9 heteroatoms. The zero-order valence-corrected chi connectivity index (χ0v) is 22.0. The molecule has 0 aromatic heterocycles. The fourth-order valence-electron chi connectivity index (χ4n) is 5.90. The first kappa shape index (κ1) is 28.2. The van der Waals surface area contributed by atoms with E-state index in [0.29, 0.717) is 19.3 Å². The molecule has 194 valence electrons. The summed E-state index contributed by atoms with van der Waals surface area (Å²) in [5.74, 6) is -3.49. The largest absolute Gasteiger partial charge is 0.458 e.